The SMILES string of the molecule is COc1cc(=O)[nH]cc1C(=O)N1CCCCC1C(F)(F)F. The molecule has 1 amide bonds. The maximum Gasteiger partial charge on any atom is 0.408 e. The molecule has 0 aliphatic carbocycles. The van der Waals surface area contributed by atoms with Crippen LogP contribution in [0.5, 0.6) is 5.75 Å². The maximum absolute atomic E-state index is 13.0. The minimum absolute atomic E-state index is 0.0322. The van der Waals surface area contributed by atoms with Crippen LogP contribution in [0.15, 0.2) is 17.1 Å². The molecule has 2 rings (SSSR count). The molecule has 1 saturated heterocycles. The van der Waals surface area contributed by atoms with Crippen molar-refractivity contribution < 1.29 is 22.7 Å². The third-order valence-corrected chi connectivity index (χ3v) is 3.48. The van der Waals surface area contributed by atoms with Crippen molar-refractivity contribution in [1.29, 1.82) is 0 Å². The predicted octanol–water partition coefficient (Wildman–Crippen LogP) is 1.94. The number of carbonyl (C=O) groups excluding carboxylic acids is 1. The van der Waals surface area contributed by atoms with Crippen molar-refractivity contribution in [3.05, 3.63) is 28.2 Å². The zero-order valence-corrected chi connectivity index (χ0v) is 11.4. The number of methoxy groups -OCH3 is 1. The van der Waals surface area contributed by atoms with Crippen molar-refractivity contribution in [1.82, 2.24) is 9.88 Å². The number of amides is 1. The van der Waals surface area contributed by atoms with Gasteiger partial charge in [0.25, 0.3) is 11.5 Å². The number of nitrogens with one attached hydrogen (secondary N) is 1. The number of aromatic nitrogens is 1. The van der Waals surface area contributed by atoms with E-state index < -0.39 is 23.7 Å². The van der Waals surface area contributed by atoms with Gasteiger partial charge in [-0.25, -0.2) is 0 Å². The van der Waals surface area contributed by atoms with Crippen LogP contribution in [0.2, 0.25) is 0 Å². The second kappa shape index (κ2) is 5.79. The Labute approximate surface area is 118 Å². The lowest BCUT2D eigenvalue weighted by molar-refractivity contribution is -0.183. The number of hydrogen-bond donors (Lipinski definition) is 1. The van der Waals surface area contributed by atoms with Gasteiger partial charge >= 0.3 is 6.18 Å². The first-order valence-electron chi connectivity index (χ1n) is 6.49. The Hall–Kier alpha value is -1.99. The molecule has 2 heterocycles. The molecule has 1 aromatic rings. The van der Waals surface area contributed by atoms with Gasteiger partial charge in [-0.1, -0.05) is 0 Å². The molecule has 8 heteroatoms. The van der Waals surface area contributed by atoms with Crippen molar-refractivity contribution in [3.8, 4) is 5.75 Å². The molecule has 1 aromatic heterocycles. The number of halogens is 3. The molecule has 1 unspecified atom stereocenters. The van der Waals surface area contributed by atoms with Gasteiger partial charge in [-0.05, 0) is 19.3 Å². The summed E-state index contributed by atoms with van der Waals surface area (Å²) in [5, 5.41) is 0. The van der Waals surface area contributed by atoms with Crippen molar-refractivity contribution in [2.24, 2.45) is 0 Å². The molecule has 1 fully saturated rings. The van der Waals surface area contributed by atoms with Gasteiger partial charge in [0.05, 0.1) is 12.7 Å². The van der Waals surface area contributed by atoms with Crippen LogP contribution >= 0.6 is 0 Å². The topological polar surface area (TPSA) is 62.4 Å². The summed E-state index contributed by atoms with van der Waals surface area (Å²) >= 11 is 0. The van der Waals surface area contributed by atoms with Crippen LogP contribution < -0.4 is 10.3 Å². The number of likely N-dealkylation sites (tertiary alicyclic amines) is 1. The average Bonchev–Trinajstić information content (AvgIpc) is 2.45. The molecule has 5 nitrogen and oxygen atoms in total. The number of nitrogens with zero attached hydrogens (tertiary/aromatic N) is 1. The predicted molar refractivity (Wildman–Crippen MR) is 68.3 cm³/mol. The lowest BCUT2D eigenvalue weighted by Crippen LogP contribution is -2.51. The minimum Gasteiger partial charge on any atom is -0.496 e. The van der Waals surface area contributed by atoms with E-state index in [2.05, 4.69) is 4.98 Å². The van der Waals surface area contributed by atoms with Gasteiger partial charge in [-0.15, -0.1) is 0 Å². The Bertz CT molecular complexity index is 583. The summed E-state index contributed by atoms with van der Waals surface area (Å²) in [5.41, 5.74) is -0.567. The van der Waals surface area contributed by atoms with E-state index in [9.17, 15) is 22.8 Å². The number of H-pyrrole nitrogens is 1. The van der Waals surface area contributed by atoms with E-state index in [0.29, 0.717) is 12.8 Å². The zero-order valence-electron chi connectivity index (χ0n) is 11.4. The summed E-state index contributed by atoms with van der Waals surface area (Å²) in [6.45, 7) is 0.0330. The molecule has 1 N–H and O–H groups in total. The second-order valence-electron chi connectivity index (χ2n) is 4.83. The summed E-state index contributed by atoms with van der Waals surface area (Å²) in [6, 6.07) is -0.754. The summed E-state index contributed by atoms with van der Waals surface area (Å²) in [6.07, 6.45) is -2.54. The number of piperidine rings is 1. The smallest absolute Gasteiger partial charge is 0.408 e. The summed E-state index contributed by atoms with van der Waals surface area (Å²) < 4.78 is 44.0. The quantitative estimate of drug-likeness (QED) is 0.908. The molecule has 21 heavy (non-hydrogen) atoms. The first-order chi connectivity index (χ1) is 9.84. The Balaban J connectivity index is 2.35. The second-order valence-corrected chi connectivity index (χ2v) is 4.83. The molecular weight excluding hydrogens is 289 g/mol. The number of carbonyl (C=O) groups is 1. The molecule has 1 aliphatic heterocycles. The molecule has 0 bridgehead atoms. The van der Waals surface area contributed by atoms with Gasteiger partial charge in [-0.3, -0.25) is 9.59 Å². The van der Waals surface area contributed by atoms with E-state index in [-0.39, 0.29) is 24.3 Å². The lowest BCUT2D eigenvalue weighted by atomic mass is 10.0. The number of ether oxygens (including phenoxy) is 1. The van der Waals surface area contributed by atoms with E-state index in [1.165, 1.54) is 7.11 Å². The molecular formula is C13H15F3N2O3. The summed E-state index contributed by atoms with van der Waals surface area (Å²) in [4.78, 5) is 26.6. The Kier molecular flexibility index (Phi) is 4.24. The van der Waals surface area contributed by atoms with Crippen molar-refractivity contribution >= 4 is 5.91 Å². The van der Waals surface area contributed by atoms with E-state index in [4.69, 9.17) is 4.74 Å². The maximum atomic E-state index is 13.0. The molecule has 0 spiro atoms. The van der Waals surface area contributed by atoms with E-state index in [1.807, 2.05) is 0 Å². The third kappa shape index (κ3) is 3.20. The fourth-order valence-corrected chi connectivity index (χ4v) is 2.46. The van der Waals surface area contributed by atoms with Crippen LogP contribution in [0.25, 0.3) is 0 Å². The van der Waals surface area contributed by atoms with E-state index in [1.54, 1.807) is 0 Å². The highest BCUT2D eigenvalue weighted by atomic mass is 19.4. The van der Waals surface area contributed by atoms with Crippen LogP contribution in [0.4, 0.5) is 13.2 Å². The first kappa shape index (κ1) is 15.4. The molecule has 0 radical (unpaired) electrons. The van der Waals surface area contributed by atoms with Crippen LogP contribution in [-0.2, 0) is 0 Å². The molecule has 116 valence electrons. The first-order valence-corrected chi connectivity index (χ1v) is 6.49. The van der Waals surface area contributed by atoms with Gasteiger partial charge in [0.1, 0.15) is 11.8 Å². The largest absolute Gasteiger partial charge is 0.496 e. The van der Waals surface area contributed by atoms with Crippen LogP contribution in [-0.4, -0.2) is 41.7 Å². The van der Waals surface area contributed by atoms with Gasteiger partial charge in [0.15, 0.2) is 0 Å². The van der Waals surface area contributed by atoms with Gasteiger partial charge < -0.3 is 14.6 Å². The van der Waals surface area contributed by atoms with Crippen molar-refractivity contribution in [3.63, 3.8) is 0 Å². The van der Waals surface area contributed by atoms with E-state index in [0.717, 1.165) is 17.2 Å². The summed E-state index contributed by atoms with van der Waals surface area (Å²) in [5.74, 6) is -0.819. The number of alkyl halides is 3. The summed E-state index contributed by atoms with van der Waals surface area (Å²) in [7, 11) is 1.25. The lowest BCUT2D eigenvalue weighted by Gasteiger charge is -2.36. The Morgan fingerprint density at radius 2 is 2.14 bits per heavy atom. The van der Waals surface area contributed by atoms with Gasteiger partial charge in [-0.2, -0.15) is 13.2 Å². The highest BCUT2D eigenvalue weighted by Crippen LogP contribution is 2.33. The van der Waals surface area contributed by atoms with Crippen molar-refractivity contribution in [2.75, 3.05) is 13.7 Å². The van der Waals surface area contributed by atoms with Crippen molar-refractivity contribution in [2.45, 2.75) is 31.5 Å². The monoisotopic (exact) mass is 304 g/mol. The molecule has 1 aliphatic rings. The number of hydrogen-bond acceptors (Lipinski definition) is 3. The highest BCUT2D eigenvalue weighted by molar-refractivity contribution is 5.96. The van der Waals surface area contributed by atoms with E-state index >= 15 is 0 Å². The number of aromatic amines is 1. The van der Waals surface area contributed by atoms with Crippen LogP contribution in [0.1, 0.15) is 29.6 Å². The molecule has 1 atom stereocenters. The fourth-order valence-electron chi connectivity index (χ4n) is 2.46. The normalized spacial score (nSPS) is 19.4. The third-order valence-electron chi connectivity index (χ3n) is 3.48. The Morgan fingerprint density at radius 3 is 2.76 bits per heavy atom. The number of rotatable bonds is 2. The average molecular weight is 304 g/mol. The standard InChI is InChI=1S/C13H15F3N2O3/c1-21-9-6-11(19)17-7-8(9)12(20)18-5-3-2-4-10(18)13(14,15)16/h6-7,10H,2-5H2,1H3,(H,17,19). The van der Waals surface area contributed by atoms with Gasteiger partial charge in [0.2, 0.25) is 0 Å². The molecule has 0 aromatic carbocycles. The highest BCUT2D eigenvalue weighted by Gasteiger charge is 2.46. The van der Waals surface area contributed by atoms with Crippen LogP contribution in [0, 0.1) is 0 Å². The van der Waals surface area contributed by atoms with Crippen LogP contribution in [0.3, 0.4) is 0 Å². The minimum atomic E-state index is -4.47. The molecule has 0 saturated carbocycles. The zero-order chi connectivity index (χ0) is 15.6. The van der Waals surface area contributed by atoms with Gasteiger partial charge in [0, 0.05) is 18.8 Å². The number of pyridine rings is 1. The fraction of sp³-hybridized carbons (Fsp3) is 0.538. The Morgan fingerprint density at radius 1 is 1.43 bits per heavy atom.